The minimum absolute atomic E-state index is 0.0512. The number of carboxylic acids is 2. The lowest BCUT2D eigenvalue weighted by Crippen LogP contribution is -2.56. The molecule has 6 heteroatoms. The molecule has 2 fully saturated rings. The second-order valence-electron chi connectivity index (χ2n) is 4.00. The third-order valence-electron chi connectivity index (χ3n) is 3.37. The van der Waals surface area contributed by atoms with Gasteiger partial charge in [0.2, 0.25) is 0 Å². The van der Waals surface area contributed by atoms with E-state index in [-0.39, 0.29) is 6.42 Å². The SMILES string of the molecule is N[C@]1(C(=O)O)C(F)CC2C(C(=O)O)C21. The van der Waals surface area contributed by atoms with Crippen LogP contribution in [0.3, 0.4) is 0 Å². The Kier molecular flexibility index (Phi) is 1.64. The molecule has 4 unspecified atom stereocenters. The topological polar surface area (TPSA) is 101 Å². The summed E-state index contributed by atoms with van der Waals surface area (Å²) in [4.78, 5) is 21.4. The lowest BCUT2D eigenvalue weighted by molar-refractivity contribution is -0.147. The number of carboxylic acid groups (broad SMARTS) is 2. The van der Waals surface area contributed by atoms with Gasteiger partial charge in [-0.15, -0.1) is 0 Å². The number of aliphatic carboxylic acids is 2. The normalized spacial score (nSPS) is 49.9. The second-order valence-corrected chi connectivity index (χ2v) is 4.00. The molecule has 0 aromatic carbocycles. The van der Waals surface area contributed by atoms with E-state index in [9.17, 15) is 14.0 Å². The molecule has 0 radical (unpaired) electrons. The molecule has 0 heterocycles. The van der Waals surface area contributed by atoms with Crippen LogP contribution < -0.4 is 5.73 Å². The maximum absolute atomic E-state index is 13.2. The number of rotatable bonds is 2. The van der Waals surface area contributed by atoms with Crippen molar-refractivity contribution in [3.05, 3.63) is 0 Å². The van der Waals surface area contributed by atoms with Crippen molar-refractivity contribution in [1.82, 2.24) is 0 Å². The zero-order chi connectivity index (χ0) is 10.7. The summed E-state index contributed by atoms with van der Waals surface area (Å²) in [7, 11) is 0. The van der Waals surface area contributed by atoms with Crippen LogP contribution in [0.25, 0.3) is 0 Å². The van der Waals surface area contributed by atoms with Crippen molar-refractivity contribution in [2.75, 3.05) is 0 Å². The molecule has 14 heavy (non-hydrogen) atoms. The fraction of sp³-hybridized carbons (Fsp3) is 0.750. The first-order valence-corrected chi connectivity index (χ1v) is 4.29. The number of alkyl halides is 1. The van der Waals surface area contributed by atoms with E-state index in [1.54, 1.807) is 0 Å². The van der Waals surface area contributed by atoms with Crippen LogP contribution in [0.5, 0.6) is 0 Å². The van der Waals surface area contributed by atoms with Crippen molar-refractivity contribution in [1.29, 1.82) is 0 Å². The Morgan fingerprint density at radius 1 is 1.43 bits per heavy atom. The summed E-state index contributed by atoms with van der Waals surface area (Å²) >= 11 is 0. The Bertz CT molecular complexity index is 320. The molecule has 4 N–H and O–H groups in total. The quantitative estimate of drug-likeness (QED) is 0.559. The van der Waals surface area contributed by atoms with Crippen molar-refractivity contribution in [2.45, 2.75) is 18.1 Å². The summed E-state index contributed by atoms with van der Waals surface area (Å²) in [5, 5.41) is 17.5. The summed E-state index contributed by atoms with van der Waals surface area (Å²) in [6, 6.07) is 0. The zero-order valence-corrected chi connectivity index (χ0v) is 7.18. The minimum atomic E-state index is -1.99. The monoisotopic (exact) mass is 203 g/mol. The smallest absolute Gasteiger partial charge is 0.327 e. The molecule has 2 aliphatic carbocycles. The maximum Gasteiger partial charge on any atom is 0.327 e. The van der Waals surface area contributed by atoms with Gasteiger partial charge >= 0.3 is 11.9 Å². The average molecular weight is 203 g/mol. The fourth-order valence-electron chi connectivity index (χ4n) is 2.57. The molecular weight excluding hydrogens is 193 g/mol. The van der Waals surface area contributed by atoms with Crippen LogP contribution in [-0.2, 0) is 9.59 Å². The molecule has 0 aliphatic heterocycles. The first-order valence-electron chi connectivity index (χ1n) is 4.29. The highest BCUT2D eigenvalue weighted by molar-refractivity contribution is 5.86. The molecule has 0 saturated heterocycles. The highest BCUT2D eigenvalue weighted by Gasteiger charge is 2.74. The van der Waals surface area contributed by atoms with Crippen LogP contribution in [0.2, 0.25) is 0 Å². The number of fused-ring (bicyclic) bond motifs is 1. The lowest BCUT2D eigenvalue weighted by atomic mass is 9.90. The van der Waals surface area contributed by atoms with Crippen molar-refractivity contribution in [3.8, 4) is 0 Å². The zero-order valence-electron chi connectivity index (χ0n) is 7.18. The van der Waals surface area contributed by atoms with Crippen molar-refractivity contribution >= 4 is 11.9 Å². The third kappa shape index (κ3) is 0.863. The molecule has 0 bridgehead atoms. The van der Waals surface area contributed by atoms with E-state index in [1.807, 2.05) is 0 Å². The molecule has 2 rings (SSSR count). The summed E-state index contributed by atoms with van der Waals surface area (Å²) in [6.45, 7) is 0. The molecule has 5 atom stereocenters. The lowest BCUT2D eigenvalue weighted by Gasteiger charge is -2.24. The Labute approximate surface area is 78.7 Å². The second kappa shape index (κ2) is 2.44. The summed E-state index contributed by atoms with van der Waals surface area (Å²) in [5.41, 5.74) is 3.43. The summed E-state index contributed by atoms with van der Waals surface area (Å²) in [5.74, 6) is -4.44. The number of carbonyl (C=O) groups is 2. The highest BCUT2D eigenvalue weighted by Crippen LogP contribution is 2.62. The maximum atomic E-state index is 13.2. The van der Waals surface area contributed by atoms with Crippen LogP contribution in [-0.4, -0.2) is 33.9 Å². The van der Waals surface area contributed by atoms with E-state index >= 15 is 0 Å². The van der Waals surface area contributed by atoms with E-state index in [1.165, 1.54) is 0 Å². The molecule has 5 nitrogen and oxygen atoms in total. The van der Waals surface area contributed by atoms with E-state index in [4.69, 9.17) is 15.9 Å². The molecule has 0 amide bonds. The van der Waals surface area contributed by atoms with Gasteiger partial charge in [0.15, 0.2) is 0 Å². The fourth-order valence-corrected chi connectivity index (χ4v) is 2.57. The van der Waals surface area contributed by atoms with E-state index < -0.39 is 41.4 Å². The van der Waals surface area contributed by atoms with Crippen molar-refractivity contribution in [3.63, 3.8) is 0 Å². The molecule has 2 aliphatic rings. The predicted octanol–water partition coefficient (Wildman–Crippen LogP) is -0.543. The highest BCUT2D eigenvalue weighted by atomic mass is 19.1. The first kappa shape index (κ1) is 9.39. The number of hydrogen-bond acceptors (Lipinski definition) is 3. The van der Waals surface area contributed by atoms with Gasteiger partial charge in [0.05, 0.1) is 5.92 Å². The van der Waals surface area contributed by atoms with Gasteiger partial charge in [0.1, 0.15) is 11.7 Å². The van der Waals surface area contributed by atoms with Gasteiger partial charge in [-0.25, -0.2) is 4.39 Å². The van der Waals surface area contributed by atoms with Gasteiger partial charge in [-0.05, 0) is 12.3 Å². The van der Waals surface area contributed by atoms with Gasteiger partial charge in [0.25, 0.3) is 0 Å². The Morgan fingerprint density at radius 2 is 2.00 bits per heavy atom. The van der Waals surface area contributed by atoms with Gasteiger partial charge in [-0.2, -0.15) is 0 Å². The van der Waals surface area contributed by atoms with Gasteiger partial charge < -0.3 is 15.9 Å². The largest absolute Gasteiger partial charge is 0.481 e. The Morgan fingerprint density at radius 3 is 2.43 bits per heavy atom. The van der Waals surface area contributed by atoms with Crippen LogP contribution >= 0.6 is 0 Å². The van der Waals surface area contributed by atoms with Crippen molar-refractivity contribution in [2.24, 2.45) is 23.5 Å². The predicted molar refractivity (Wildman–Crippen MR) is 42.2 cm³/mol. The molecule has 78 valence electrons. The van der Waals surface area contributed by atoms with Crippen LogP contribution in [0, 0.1) is 17.8 Å². The standard InChI is InChI=1S/C8H10FNO4/c9-3-1-2-4(6(11)12)5(2)8(3,10)7(13)14/h2-5H,1,10H2,(H,11,12)(H,13,14)/t2?,3?,4?,5?,8-/m1/s1. The molecular formula is C8H10FNO4. The molecule has 0 aromatic rings. The van der Waals surface area contributed by atoms with Crippen molar-refractivity contribution < 1.29 is 24.2 Å². The number of nitrogens with two attached hydrogens (primary N) is 1. The molecule has 0 aromatic heterocycles. The summed E-state index contributed by atoms with van der Waals surface area (Å²) < 4.78 is 13.2. The molecule has 2 saturated carbocycles. The van der Waals surface area contributed by atoms with Crippen LogP contribution in [0.4, 0.5) is 4.39 Å². The van der Waals surface area contributed by atoms with E-state index in [0.29, 0.717) is 0 Å². The van der Waals surface area contributed by atoms with E-state index in [2.05, 4.69) is 0 Å². The minimum Gasteiger partial charge on any atom is -0.481 e. The van der Waals surface area contributed by atoms with Crippen LogP contribution in [0.1, 0.15) is 6.42 Å². The Balaban J connectivity index is 2.26. The van der Waals surface area contributed by atoms with Crippen LogP contribution in [0.15, 0.2) is 0 Å². The van der Waals surface area contributed by atoms with Gasteiger partial charge in [-0.1, -0.05) is 0 Å². The summed E-state index contributed by atoms with van der Waals surface area (Å²) in [6.07, 6.45) is -1.68. The number of halogens is 1. The van der Waals surface area contributed by atoms with Gasteiger partial charge in [0, 0.05) is 5.92 Å². The van der Waals surface area contributed by atoms with Gasteiger partial charge in [-0.3, -0.25) is 9.59 Å². The van der Waals surface area contributed by atoms with E-state index in [0.717, 1.165) is 0 Å². The number of hydrogen-bond donors (Lipinski definition) is 3. The average Bonchev–Trinajstić information content (AvgIpc) is 2.70. The third-order valence-corrected chi connectivity index (χ3v) is 3.37. The Hall–Kier alpha value is -1.17. The molecule has 0 spiro atoms. The first-order chi connectivity index (χ1) is 6.40.